The zero-order valence-electron chi connectivity index (χ0n) is 22.2. The molecular formula is C30H37F2N3O4. The van der Waals surface area contributed by atoms with Crippen molar-refractivity contribution < 1.29 is 23.4 Å². The van der Waals surface area contributed by atoms with Crippen LogP contribution >= 0.6 is 0 Å². The fourth-order valence-corrected chi connectivity index (χ4v) is 5.29. The second kappa shape index (κ2) is 14.2. The van der Waals surface area contributed by atoms with Gasteiger partial charge in [-0.25, -0.2) is 8.78 Å². The zero-order chi connectivity index (χ0) is 27.6. The number of amides is 1. The Morgan fingerprint density at radius 2 is 1.82 bits per heavy atom. The number of hydrogen-bond acceptors (Lipinski definition) is 5. The second-order valence-electron chi connectivity index (χ2n) is 10.1. The number of halogens is 2. The molecule has 3 aromatic rings. The molecule has 0 spiro atoms. The van der Waals surface area contributed by atoms with E-state index in [2.05, 4.69) is 10.3 Å². The standard InChI is InChI=1S/C30H37F2N3O4/c31-25-8-4-5-22(29(25)32)14-19-39-20-15-28(38)35(23-6-2-1-3-7-23)18-17-33-16-13-21-9-11-26(36)30-24(21)10-12-27(37)34-30/h4-5,8-12,23,33,36H,1-3,6-7,13-20H2,(H,34,37). The van der Waals surface area contributed by atoms with E-state index in [0.717, 1.165) is 42.7 Å². The Labute approximate surface area is 227 Å². The fourth-order valence-electron chi connectivity index (χ4n) is 5.29. The number of pyridine rings is 1. The number of hydrogen-bond donors (Lipinski definition) is 3. The largest absolute Gasteiger partial charge is 0.506 e. The number of nitrogens with one attached hydrogen (secondary N) is 2. The summed E-state index contributed by atoms with van der Waals surface area (Å²) >= 11 is 0. The molecule has 0 unspecified atom stereocenters. The molecule has 1 saturated carbocycles. The Morgan fingerprint density at radius 3 is 2.64 bits per heavy atom. The van der Waals surface area contributed by atoms with Crippen LogP contribution in [0, 0.1) is 11.6 Å². The first kappa shape index (κ1) is 28.7. The third-order valence-electron chi connectivity index (χ3n) is 7.41. The predicted molar refractivity (Wildman–Crippen MR) is 147 cm³/mol. The lowest BCUT2D eigenvalue weighted by Gasteiger charge is -2.34. The van der Waals surface area contributed by atoms with Gasteiger partial charge in [0.25, 0.3) is 0 Å². The van der Waals surface area contributed by atoms with E-state index in [4.69, 9.17) is 4.74 Å². The number of ether oxygens (including phenoxy) is 1. The summed E-state index contributed by atoms with van der Waals surface area (Å²) in [5.41, 5.74) is 1.47. The average molecular weight is 542 g/mol. The average Bonchev–Trinajstić information content (AvgIpc) is 2.94. The van der Waals surface area contributed by atoms with Crippen molar-refractivity contribution in [3.8, 4) is 5.75 Å². The Hall–Kier alpha value is -3.30. The Bertz CT molecular complexity index is 1310. The number of phenols is 1. The number of aromatic hydroxyl groups is 1. The second-order valence-corrected chi connectivity index (χ2v) is 10.1. The van der Waals surface area contributed by atoms with Crippen LogP contribution in [-0.4, -0.2) is 59.8 Å². The minimum absolute atomic E-state index is 0.0474. The molecule has 1 aliphatic rings. The highest BCUT2D eigenvalue weighted by atomic mass is 19.2. The van der Waals surface area contributed by atoms with Crippen molar-refractivity contribution in [3.63, 3.8) is 0 Å². The van der Waals surface area contributed by atoms with Gasteiger partial charge in [-0.1, -0.05) is 37.5 Å². The quantitative estimate of drug-likeness (QED) is 0.278. The van der Waals surface area contributed by atoms with Gasteiger partial charge in [-0.3, -0.25) is 9.59 Å². The van der Waals surface area contributed by atoms with Crippen LogP contribution in [0.1, 0.15) is 49.7 Å². The molecule has 1 fully saturated rings. The number of nitrogens with zero attached hydrogens (tertiary/aromatic N) is 1. The maximum atomic E-state index is 13.8. The summed E-state index contributed by atoms with van der Waals surface area (Å²) in [6, 6.07) is 11.0. The normalized spacial score (nSPS) is 14.1. The molecular weight excluding hydrogens is 504 g/mol. The predicted octanol–water partition coefficient (Wildman–Crippen LogP) is 4.45. The zero-order valence-corrected chi connectivity index (χ0v) is 22.2. The molecule has 3 N–H and O–H groups in total. The molecule has 0 radical (unpaired) electrons. The van der Waals surface area contributed by atoms with Gasteiger partial charge in [0.15, 0.2) is 11.6 Å². The van der Waals surface area contributed by atoms with Crippen LogP contribution in [0.25, 0.3) is 10.9 Å². The molecule has 7 nitrogen and oxygen atoms in total. The van der Waals surface area contributed by atoms with E-state index >= 15 is 0 Å². The van der Waals surface area contributed by atoms with Crippen molar-refractivity contribution in [1.82, 2.24) is 15.2 Å². The summed E-state index contributed by atoms with van der Waals surface area (Å²) in [6.45, 7) is 2.39. The van der Waals surface area contributed by atoms with E-state index < -0.39 is 11.6 Å². The van der Waals surface area contributed by atoms with Gasteiger partial charge in [0.05, 0.1) is 25.2 Å². The molecule has 1 amide bonds. The molecule has 4 rings (SSSR count). The van der Waals surface area contributed by atoms with Crippen molar-refractivity contribution >= 4 is 16.8 Å². The summed E-state index contributed by atoms with van der Waals surface area (Å²) in [6.07, 6.45) is 6.65. The van der Waals surface area contributed by atoms with Crippen molar-refractivity contribution in [2.24, 2.45) is 0 Å². The number of carbonyl (C=O) groups is 1. The highest BCUT2D eigenvalue weighted by Crippen LogP contribution is 2.25. The molecule has 9 heteroatoms. The molecule has 0 atom stereocenters. The highest BCUT2D eigenvalue weighted by molar-refractivity contribution is 5.87. The van der Waals surface area contributed by atoms with E-state index in [1.54, 1.807) is 12.1 Å². The Balaban J connectivity index is 1.23. The molecule has 1 aromatic heterocycles. The lowest BCUT2D eigenvalue weighted by Crippen LogP contribution is -2.45. The molecule has 0 saturated heterocycles. The van der Waals surface area contributed by atoms with E-state index in [1.165, 1.54) is 24.6 Å². The first-order chi connectivity index (χ1) is 18.9. The third-order valence-corrected chi connectivity index (χ3v) is 7.41. The molecule has 1 aliphatic carbocycles. The lowest BCUT2D eigenvalue weighted by molar-refractivity contribution is -0.135. The first-order valence-electron chi connectivity index (χ1n) is 13.8. The van der Waals surface area contributed by atoms with Gasteiger partial charge in [-0.05, 0) is 61.6 Å². The van der Waals surface area contributed by atoms with Crippen LogP contribution in [-0.2, 0) is 22.4 Å². The number of benzene rings is 2. The molecule has 0 bridgehead atoms. The van der Waals surface area contributed by atoms with Crippen molar-refractivity contribution in [3.05, 3.63) is 75.6 Å². The molecule has 210 valence electrons. The minimum atomic E-state index is -0.868. The number of aromatic nitrogens is 1. The van der Waals surface area contributed by atoms with Crippen LogP contribution in [0.2, 0.25) is 0 Å². The number of H-pyrrole nitrogens is 1. The number of fused-ring (bicyclic) bond motifs is 1. The van der Waals surface area contributed by atoms with Gasteiger partial charge < -0.3 is 25.0 Å². The molecule has 0 aliphatic heterocycles. The monoisotopic (exact) mass is 541 g/mol. The molecule has 39 heavy (non-hydrogen) atoms. The highest BCUT2D eigenvalue weighted by Gasteiger charge is 2.24. The third kappa shape index (κ3) is 7.86. The topological polar surface area (TPSA) is 94.7 Å². The van der Waals surface area contributed by atoms with Crippen molar-refractivity contribution in [2.75, 3.05) is 32.8 Å². The van der Waals surface area contributed by atoms with E-state index in [1.807, 2.05) is 11.0 Å². The maximum absolute atomic E-state index is 13.8. The van der Waals surface area contributed by atoms with Gasteiger partial charge >= 0.3 is 0 Å². The van der Waals surface area contributed by atoms with Gasteiger partial charge in [-0.15, -0.1) is 0 Å². The van der Waals surface area contributed by atoms with Crippen molar-refractivity contribution in [2.45, 2.75) is 57.4 Å². The van der Waals surface area contributed by atoms with Crippen LogP contribution in [0.3, 0.4) is 0 Å². The first-order valence-corrected chi connectivity index (χ1v) is 13.8. The summed E-state index contributed by atoms with van der Waals surface area (Å²) < 4.78 is 32.8. The van der Waals surface area contributed by atoms with Crippen LogP contribution in [0.5, 0.6) is 5.75 Å². The Kier molecular flexibility index (Phi) is 10.4. The summed E-state index contributed by atoms with van der Waals surface area (Å²) in [7, 11) is 0. The minimum Gasteiger partial charge on any atom is -0.506 e. The van der Waals surface area contributed by atoms with Gasteiger partial charge in [0.2, 0.25) is 11.5 Å². The molecule has 1 heterocycles. The van der Waals surface area contributed by atoms with E-state index in [9.17, 15) is 23.5 Å². The van der Waals surface area contributed by atoms with Crippen LogP contribution in [0.15, 0.2) is 47.3 Å². The number of aromatic amines is 1. The van der Waals surface area contributed by atoms with Crippen molar-refractivity contribution in [1.29, 1.82) is 0 Å². The van der Waals surface area contributed by atoms with E-state index in [0.29, 0.717) is 31.6 Å². The maximum Gasteiger partial charge on any atom is 0.248 e. The van der Waals surface area contributed by atoms with Gasteiger partial charge in [0, 0.05) is 30.6 Å². The van der Waals surface area contributed by atoms with E-state index in [-0.39, 0.29) is 54.9 Å². The fraction of sp³-hybridized carbons (Fsp3) is 0.467. The van der Waals surface area contributed by atoms with Gasteiger partial charge in [0.1, 0.15) is 5.75 Å². The molecule has 2 aromatic carbocycles. The lowest BCUT2D eigenvalue weighted by atomic mass is 9.94. The Morgan fingerprint density at radius 1 is 1.00 bits per heavy atom. The number of phenolic OH excluding ortho intramolecular Hbond substituents is 1. The summed E-state index contributed by atoms with van der Waals surface area (Å²) in [5.74, 6) is -1.62. The number of rotatable bonds is 13. The SMILES string of the molecule is O=C(CCOCCc1cccc(F)c1F)N(CCNCCc1ccc(O)c2[nH]c(=O)ccc12)C1CCCCC1. The van der Waals surface area contributed by atoms with Crippen LogP contribution < -0.4 is 10.9 Å². The van der Waals surface area contributed by atoms with Gasteiger partial charge in [-0.2, -0.15) is 0 Å². The summed E-state index contributed by atoms with van der Waals surface area (Å²) in [4.78, 5) is 29.4. The smallest absolute Gasteiger partial charge is 0.248 e. The number of carbonyl (C=O) groups excluding carboxylic acids is 1. The van der Waals surface area contributed by atoms with Crippen LogP contribution in [0.4, 0.5) is 8.78 Å². The summed E-state index contributed by atoms with van der Waals surface area (Å²) in [5, 5.41) is 14.3.